The minimum Gasteiger partial charge on any atom is -0.744 e. The molecule has 0 N–H and O–H groups in total. The number of hydrogen-bond donors (Lipinski definition) is 0. The summed E-state index contributed by atoms with van der Waals surface area (Å²) in [5.74, 6) is 0. The van der Waals surface area contributed by atoms with Gasteiger partial charge in [0, 0.05) is 14.1 Å². The summed E-state index contributed by atoms with van der Waals surface area (Å²) in [6.07, 6.45) is 0. The molecule has 0 atom stereocenters. The van der Waals surface area contributed by atoms with Gasteiger partial charge in [-0.15, -0.1) is 5.11 Å². The molecule has 22 heavy (non-hydrogen) atoms. The molecule has 0 spiro atoms. The fraction of sp³-hybridized carbons (Fsp3) is 0.143. The second kappa shape index (κ2) is 7.85. The van der Waals surface area contributed by atoms with E-state index in [-0.39, 0.29) is 40.1 Å². The molecule has 0 aromatic heterocycles. The van der Waals surface area contributed by atoms with Crippen LogP contribution in [-0.2, 0) is 10.1 Å². The van der Waals surface area contributed by atoms with E-state index in [9.17, 15) is 13.0 Å². The van der Waals surface area contributed by atoms with Gasteiger partial charge in [0.05, 0.1) is 16.3 Å². The van der Waals surface area contributed by atoms with Crippen molar-refractivity contribution in [3.63, 3.8) is 0 Å². The minimum absolute atomic E-state index is 0. The maximum atomic E-state index is 11.4. The van der Waals surface area contributed by atoms with Gasteiger partial charge in [-0.3, -0.25) is 0 Å². The molecule has 8 heteroatoms. The fourth-order valence-electron chi connectivity index (χ4n) is 1.78. The van der Waals surface area contributed by atoms with E-state index in [2.05, 4.69) is 10.2 Å². The SMILES string of the molecule is CN(C)c1cccc(S(=O)(=O)[O-])c1N=Nc1ccccc1.[Na+]. The number of anilines is 1. The Hall–Kier alpha value is -1.25. The van der Waals surface area contributed by atoms with Crippen molar-refractivity contribution in [3.8, 4) is 0 Å². The molecular formula is C14H14N3NaO3S. The molecule has 0 heterocycles. The Labute approximate surface area is 151 Å². The second-order valence-corrected chi connectivity index (χ2v) is 5.86. The van der Waals surface area contributed by atoms with E-state index in [0.29, 0.717) is 11.4 Å². The molecule has 2 rings (SSSR count). The van der Waals surface area contributed by atoms with E-state index in [0.717, 1.165) is 0 Å². The summed E-state index contributed by atoms with van der Waals surface area (Å²) in [5, 5.41) is 7.96. The van der Waals surface area contributed by atoms with Crippen LogP contribution in [-0.4, -0.2) is 27.1 Å². The fourth-order valence-corrected chi connectivity index (χ4v) is 2.40. The van der Waals surface area contributed by atoms with Crippen molar-refractivity contribution < 1.29 is 42.5 Å². The third-order valence-electron chi connectivity index (χ3n) is 2.75. The van der Waals surface area contributed by atoms with Crippen LogP contribution in [0.2, 0.25) is 0 Å². The first-order chi connectivity index (χ1) is 9.89. The molecule has 2 aromatic rings. The standard InChI is InChI=1S/C14H15N3O3S.Na/c1-17(2)12-9-6-10-13(21(18,19)20)14(12)16-15-11-7-4-3-5-8-11;/h3-10H,1-2H3,(H,18,19,20);/q;+1/p-1. The molecule has 0 saturated heterocycles. The van der Waals surface area contributed by atoms with Gasteiger partial charge < -0.3 is 9.45 Å². The molecule has 0 aliphatic heterocycles. The molecule has 0 radical (unpaired) electrons. The second-order valence-electron chi connectivity index (χ2n) is 4.51. The normalized spacial score (nSPS) is 11.2. The van der Waals surface area contributed by atoms with Crippen molar-refractivity contribution >= 4 is 27.2 Å². The van der Waals surface area contributed by atoms with Crippen LogP contribution in [0.3, 0.4) is 0 Å². The van der Waals surface area contributed by atoms with E-state index in [4.69, 9.17) is 0 Å². The van der Waals surface area contributed by atoms with Crippen molar-refractivity contribution in [1.82, 2.24) is 0 Å². The van der Waals surface area contributed by atoms with Crippen LogP contribution in [0.4, 0.5) is 17.1 Å². The zero-order valence-corrected chi connectivity index (χ0v) is 15.4. The first-order valence-corrected chi connectivity index (χ1v) is 7.53. The van der Waals surface area contributed by atoms with E-state index in [1.807, 2.05) is 6.07 Å². The van der Waals surface area contributed by atoms with Gasteiger partial charge in [0.25, 0.3) is 0 Å². The van der Waals surface area contributed by atoms with Crippen molar-refractivity contribution in [2.75, 3.05) is 19.0 Å². The molecule has 110 valence electrons. The average molecular weight is 327 g/mol. The Morgan fingerprint density at radius 2 is 1.59 bits per heavy atom. The Balaban J connectivity index is 0.00000242. The van der Waals surface area contributed by atoms with Gasteiger partial charge in [-0.05, 0) is 24.3 Å². The quantitative estimate of drug-likeness (QED) is 0.452. The summed E-state index contributed by atoms with van der Waals surface area (Å²) in [6, 6.07) is 13.3. The summed E-state index contributed by atoms with van der Waals surface area (Å²) in [5.41, 5.74) is 1.12. The minimum atomic E-state index is -4.62. The zero-order valence-electron chi connectivity index (χ0n) is 12.6. The van der Waals surface area contributed by atoms with Crippen LogP contribution in [0.25, 0.3) is 0 Å². The van der Waals surface area contributed by atoms with Gasteiger partial charge in [-0.2, -0.15) is 5.11 Å². The predicted molar refractivity (Wildman–Crippen MR) is 79.4 cm³/mol. The maximum Gasteiger partial charge on any atom is 1.00 e. The van der Waals surface area contributed by atoms with Crippen LogP contribution in [0.1, 0.15) is 0 Å². The predicted octanol–water partition coefficient (Wildman–Crippen LogP) is 0.0761. The summed E-state index contributed by atoms with van der Waals surface area (Å²) in [7, 11) is -1.16. The third-order valence-corrected chi connectivity index (χ3v) is 3.62. The van der Waals surface area contributed by atoms with E-state index in [1.54, 1.807) is 49.3 Å². The summed E-state index contributed by atoms with van der Waals surface area (Å²) < 4.78 is 34.1. The van der Waals surface area contributed by atoms with Crippen molar-refractivity contribution in [2.24, 2.45) is 10.2 Å². The van der Waals surface area contributed by atoms with Crippen LogP contribution < -0.4 is 34.5 Å². The maximum absolute atomic E-state index is 11.4. The van der Waals surface area contributed by atoms with Crippen molar-refractivity contribution in [1.29, 1.82) is 0 Å². The smallest absolute Gasteiger partial charge is 0.744 e. The van der Waals surface area contributed by atoms with Gasteiger partial charge >= 0.3 is 29.6 Å². The number of nitrogens with zero attached hydrogens (tertiary/aromatic N) is 3. The molecule has 0 saturated carbocycles. The monoisotopic (exact) mass is 327 g/mol. The Morgan fingerprint density at radius 1 is 0.955 bits per heavy atom. The molecule has 6 nitrogen and oxygen atoms in total. The summed E-state index contributed by atoms with van der Waals surface area (Å²) >= 11 is 0. The largest absolute Gasteiger partial charge is 1.00 e. The molecule has 0 bridgehead atoms. The van der Waals surface area contributed by atoms with Gasteiger partial charge in [0.1, 0.15) is 15.8 Å². The molecule has 0 unspecified atom stereocenters. The van der Waals surface area contributed by atoms with Gasteiger partial charge in [-0.1, -0.05) is 24.3 Å². The Kier molecular flexibility index (Phi) is 6.70. The number of hydrogen-bond acceptors (Lipinski definition) is 6. The number of azo groups is 1. The number of rotatable bonds is 4. The first kappa shape index (κ1) is 18.8. The molecule has 0 amide bonds. The summed E-state index contributed by atoms with van der Waals surface area (Å²) in [6.45, 7) is 0. The Bertz CT molecular complexity index is 762. The number of benzene rings is 2. The van der Waals surface area contributed by atoms with Crippen LogP contribution in [0.15, 0.2) is 63.7 Å². The average Bonchev–Trinajstić information content (AvgIpc) is 2.44. The topological polar surface area (TPSA) is 85.2 Å². The van der Waals surface area contributed by atoms with E-state index in [1.165, 1.54) is 12.1 Å². The van der Waals surface area contributed by atoms with Crippen molar-refractivity contribution in [2.45, 2.75) is 4.90 Å². The zero-order chi connectivity index (χ0) is 15.5. The van der Waals surface area contributed by atoms with Gasteiger partial charge in [-0.25, -0.2) is 8.42 Å². The van der Waals surface area contributed by atoms with Gasteiger partial charge in [0.2, 0.25) is 0 Å². The van der Waals surface area contributed by atoms with E-state index < -0.39 is 10.1 Å². The van der Waals surface area contributed by atoms with Gasteiger partial charge in [0.15, 0.2) is 0 Å². The first-order valence-electron chi connectivity index (χ1n) is 6.12. The molecule has 2 aromatic carbocycles. The molecular weight excluding hydrogens is 313 g/mol. The van der Waals surface area contributed by atoms with Crippen molar-refractivity contribution in [3.05, 3.63) is 48.5 Å². The molecule has 0 aliphatic rings. The van der Waals surface area contributed by atoms with Crippen LogP contribution in [0, 0.1) is 0 Å². The molecule has 0 fully saturated rings. The van der Waals surface area contributed by atoms with Crippen LogP contribution >= 0.6 is 0 Å². The third kappa shape index (κ3) is 4.62. The van der Waals surface area contributed by atoms with E-state index >= 15 is 0 Å². The molecule has 0 aliphatic carbocycles. The van der Waals surface area contributed by atoms with Crippen LogP contribution in [0.5, 0.6) is 0 Å². The Morgan fingerprint density at radius 3 is 2.14 bits per heavy atom. The summed E-state index contributed by atoms with van der Waals surface area (Å²) in [4.78, 5) is 1.29.